The fraction of sp³-hybridized carbons (Fsp3) is 0.214. The summed E-state index contributed by atoms with van der Waals surface area (Å²) in [4.78, 5) is 11.8. The van der Waals surface area contributed by atoms with Gasteiger partial charge in [-0.15, -0.1) is 11.8 Å². The van der Waals surface area contributed by atoms with Crippen molar-refractivity contribution in [3.8, 4) is 0 Å². The van der Waals surface area contributed by atoms with Crippen LogP contribution in [-0.4, -0.2) is 17.0 Å². The highest BCUT2D eigenvalue weighted by molar-refractivity contribution is 8.01. The van der Waals surface area contributed by atoms with Gasteiger partial charge < -0.3 is 4.74 Å². The lowest BCUT2D eigenvalue weighted by atomic mass is 10.1. The van der Waals surface area contributed by atoms with Gasteiger partial charge in [0.2, 0.25) is 0 Å². The lowest BCUT2D eigenvalue weighted by Gasteiger charge is -2.15. The fourth-order valence-electron chi connectivity index (χ4n) is 1.74. The van der Waals surface area contributed by atoms with Gasteiger partial charge in [-0.05, 0) is 37.0 Å². The zero-order valence-corrected chi connectivity index (χ0v) is 11.7. The number of thioether (sulfide) groups is 1. The zero-order chi connectivity index (χ0) is 13.2. The highest BCUT2D eigenvalue weighted by atomic mass is 35.5. The van der Waals surface area contributed by atoms with E-state index in [9.17, 15) is 4.79 Å². The van der Waals surface area contributed by atoms with E-state index in [1.54, 1.807) is 6.92 Å². The van der Waals surface area contributed by atoms with E-state index in [0.717, 1.165) is 5.56 Å². The molecule has 0 bridgehead atoms. The number of benzene rings is 1. The SMILES string of the molecule is CSC1(/C=C/c2ccc(Cl)cc2)C=C(C)OC1=O. The number of carbonyl (C=O) groups is 1. The quantitative estimate of drug-likeness (QED) is 0.785. The predicted octanol–water partition coefficient (Wildman–Crippen LogP) is 3.92. The van der Waals surface area contributed by atoms with E-state index in [-0.39, 0.29) is 5.97 Å². The number of halogens is 1. The molecule has 0 N–H and O–H groups in total. The predicted molar refractivity (Wildman–Crippen MR) is 76.6 cm³/mol. The van der Waals surface area contributed by atoms with E-state index < -0.39 is 4.75 Å². The number of carbonyl (C=O) groups excluding carboxylic acids is 1. The summed E-state index contributed by atoms with van der Waals surface area (Å²) in [6, 6.07) is 7.45. The zero-order valence-electron chi connectivity index (χ0n) is 10.1. The molecule has 0 aliphatic carbocycles. The lowest BCUT2D eigenvalue weighted by Crippen LogP contribution is -2.26. The summed E-state index contributed by atoms with van der Waals surface area (Å²) in [6.07, 6.45) is 7.50. The van der Waals surface area contributed by atoms with Crippen molar-refractivity contribution in [1.29, 1.82) is 0 Å². The molecule has 1 aliphatic rings. The maximum Gasteiger partial charge on any atom is 0.335 e. The van der Waals surface area contributed by atoms with Gasteiger partial charge >= 0.3 is 5.97 Å². The van der Waals surface area contributed by atoms with Crippen molar-refractivity contribution in [2.24, 2.45) is 0 Å². The molecule has 0 aromatic heterocycles. The van der Waals surface area contributed by atoms with Crippen LogP contribution in [0, 0.1) is 0 Å². The van der Waals surface area contributed by atoms with Gasteiger partial charge in [-0.1, -0.05) is 35.9 Å². The van der Waals surface area contributed by atoms with Crippen LogP contribution in [0.2, 0.25) is 5.02 Å². The molecule has 1 atom stereocenters. The molecule has 0 saturated heterocycles. The Morgan fingerprint density at radius 2 is 2.00 bits per heavy atom. The molecule has 1 aromatic carbocycles. The smallest absolute Gasteiger partial charge is 0.335 e. The molecule has 0 saturated carbocycles. The van der Waals surface area contributed by atoms with Crippen LogP contribution >= 0.6 is 23.4 Å². The summed E-state index contributed by atoms with van der Waals surface area (Å²) in [6.45, 7) is 1.78. The van der Waals surface area contributed by atoms with Crippen LogP contribution in [0.3, 0.4) is 0 Å². The number of hydrogen-bond acceptors (Lipinski definition) is 3. The van der Waals surface area contributed by atoms with E-state index in [2.05, 4.69) is 0 Å². The number of rotatable bonds is 3. The van der Waals surface area contributed by atoms with Crippen molar-refractivity contribution < 1.29 is 9.53 Å². The van der Waals surface area contributed by atoms with Crippen molar-refractivity contribution in [1.82, 2.24) is 0 Å². The van der Waals surface area contributed by atoms with Gasteiger partial charge in [0.25, 0.3) is 0 Å². The summed E-state index contributed by atoms with van der Waals surface area (Å²) in [5, 5.41) is 0.697. The second-order valence-corrected chi connectivity index (χ2v) is 5.55. The van der Waals surface area contributed by atoms with Crippen LogP contribution in [0.1, 0.15) is 12.5 Å². The number of esters is 1. The van der Waals surface area contributed by atoms with Crippen LogP contribution < -0.4 is 0 Å². The standard InChI is InChI=1S/C14H13ClO2S/c1-10-9-14(18-2,13(16)17-10)8-7-11-3-5-12(15)6-4-11/h3-9H,1-2H3/b8-7+. The summed E-state index contributed by atoms with van der Waals surface area (Å²) in [5.74, 6) is 0.410. The monoisotopic (exact) mass is 280 g/mol. The normalized spacial score (nSPS) is 23.3. The average Bonchev–Trinajstić information content (AvgIpc) is 2.64. The molecule has 1 heterocycles. The molecule has 0 spiro atoms. The van der Waals surface area contributed by atoms with E-state index >= 15 is 0 Å². The molecule has 18 heavy (non-hydrogen) atoms. The Morgan fingerprint density at radius 1 is 1.33 bits per heavy atom. The number of hydrogen-bond donors (Lipinski definition) is 0. The van der Waals surface area contributed by atoms with Gasteiger partial charge in [-0.3, -0.25) is 0 Å². The van der Waals surface area contributed by atoms with Crippen LogP contribution in [0.25, 0.3) is 6.08 Å². The third-order valence-corrected chi connectivity index (χ3v) is 4.07. The molecule has 4 heteroatoms. The molecule has 0 fully saturated rings. The second kappa shape index (κ2) is 5.21. The summed E-state index contributed by atoms with van der Waals surface area (Å²) < 4.78 is 4.40. The molecule has 2 nitrogen and oxygen atoms in total. The van der Waals surface area contributed by atoms with Crippen molar-refractivity contribution in [3.63, 3.8) is 0 Å². The van der Waals surface area contributed by atoms with Gasteiger partial charge in [-0.25, -0.2) is 4.79 Å². The van der Waals surface area contributed by atoms with Gasteiger partial charge in [0.1, 0.15) is 5.76 Å². The number of cyclic esters (lactones) is 1. The van der Waals surface area contributed by atoms with E-state index in [1.807, 2.05) is 48.7 Å². The van der Waals surface area contributed by atoms with Crippen LogP contribution in [-0.2, 0) is 9.53 Å². The highest BCUT2D eigenvalue weighted by Crippen LogP contribution is 2.35. The first-order valence-electron chi connectivity index (χ1n) is 5.47. The molecular formula is C14H13ClO2S. The molecule has 0 radical (unpaired) electrons. The van der Waals surface area contributed by atoms with Crippen LogP contribution in [0.4, 0.5) is 0 Å². The largest absolute Gasteiger partial charge is 0.430 e. The first-order valence-corrected chi connectivity index (χ1v) is 7.08. The Morgan fingerprint density at radius 3 is 2.50 bits per heavy atom. The summed E-state index contributed by atoms with van der Waals surface area (Å²) >= 11 is 7.27. The first kappa shape index (κ1) is 13.2. The maximum absolute atomic E-state index is 11.8. The Kier molecular flexibility index (Phi) is 3.83. The Hall–Kier alpha value is -1.19. The van der Waals surface area contributed by atoms with E-state index in [0.29, 0.717) is 10.8 Å². The first-order chi connectivity index (χ1) is 8.55. The van der Waals surface area contributed by atoms with Gasteiger partial charge in [-0.2, -0.15) is 0 Å². The molecular weight excluding hydrogens is 268 g/mol. The van der Waals surface area contributed by atoms with Gasteiger partial charge in [0, 0.05) is 5.02 Å². The Bertz CT molecular complexity index is 519. The van der Waals surface area contributed by atoms with Gasteiger partial charge in [0.05, 0.1) is 0 Å². The van der Waals surface area contributed by atoms with Crippen molar-refractivity contribution in [2.45, 2.75) is 11.7 Å². The van der Waals surface area contributed by atoms with E-state index in [1.165, 1.54) is 11.8 Å². The molecule has 1 unspecified atom stereocenters. The minimum atomic E-state index is -0.705. The topological polar surface area (TPSA) is 26.3 Å². The third kappa shape index (κ3) is 2.62. The van der Waals surface area contributed by atoms with Crippen molar-refractivity contribution >= 4 is 35.4 Å². The maximum atomic E-state index is 11.8. The van der Waals surface area contributed by atoms with Crippen molar-refractivity contribution in [3.05, 3.63) is 52.8 Å². The molecule has 1 aromatic rings. The minimum Gasteiger partial charge on any atom is -0.430 e. The molecule has 2 rings (SSSR count). The van der Waals surface area contributed by atoms with Crippen LogP contribution in [0.5, 0.6) is 0 Å². The van der Waals surface area contributed by atoms with E-state index in [4.69, 9.17) is 16.3 Å². The Balaban J connectivity index is 2.26. The lowest BCUT2D eigenvalue weighted by molar-refractivity contribution is -0.137. The van der Waals surface area contributed by atoms with Crippen LogP contribution in [0.15, 0.2) is 42.2 Å². The second-order valence-electron chi connectivity index (χ2n) is 4.03. The minimum absolute atomic E-state index is 0.238. The molecule has 94 valence electrons. The third-order valence-electron chi connectivity index (χ3n) is 2.72. The van der Waals surface area contributed by atoms with Gasteiger partial charge in [0.15, 0.2) is 4.75 Å². The summed E-state index contributed by atoms with van der Waals surface area (Å²) in [7, 11) is 0. The average molecular weight is 281 g/mol. The molecule has 1 aliphatic heterocycles. The fourth-order valence-corrected chi connectivity index (χ4v) is 2.56. The number of ether oxygens (including phenoxy) is 1. The summed E-state index contributed by atoms with van der Waals surface area (Å²) in [5.41, 5.74) is 0.999. The highest BCUT2D eigenvalue weighted by Gasteiger charge is 2.40. The molecule has 0 amide bonds. The Labute approximate surface area is 116 Å². The van der Waals surface area contributed by atoms with Crippen molar-refractivity contribution in [2.75, 3.05) is 6.26 Å². The number of allylic oxidation sites excluding steroid dienone is 1.